The standard InChI is InChI=1S/C17H17N3O/c1-2-12-8-10-14(11-9-12)16-19-17(21-20-16)15(18)13-6-4-3-5-7-13/h3-11,15H,2,18H2,1H3/t15-/m0/s1. The van der Waals surface area contributed by atoms with E-state index < -0.39 is 6.04 Å². The first-order valence-electron chi connectivity index (χ1n) is 7.01. The molecule has 0 bridgehead atoms. The van der Waals surface area contributed by atoms with Crippen LogP contribution in [0.1, 0.15) is 30.0 Å². The molecule has 0 fully saturated rings. The minimum Gasteiger partial charge on any atom is -0.337 e. The van der Waals surface area contributed by atoms with Crippen LogP contribution in [0.2, 0.25) is 0 Å². The number of rotatable bonds is 4. The van der Waals surface area contributed by atoms with Crippen molar-refractivity contribution < 1.29 is 4.52 Å². The zero-order chi connectivity index (χ0) is 14.7. The van der Waals surface area contributed by atoms with E-state index >= 15 is 0 Å². The lowest BCUT2D eigenvalue weighted by Crippen LogP contribution is -2.11. The minimum absolute atomic E-state index is 0.401. The fraction of sp³-hybridized carbons (Fsp3) is 0.176. The Labute approximate surface area is 123 Å². The summed E-state index contributed by atoms with van der Waals surface area (Å²) >= 11 is 0. The Balaban J connectivity index is 1.85. The van der Waals surface area contributed by atoms with Crippen LogP contribution in [0, 0.1) is 0 Å². The molecule has 4 heteroatoms. The molecule has 0 unspecified atom stereocenters. The van der Waals surface area contributed by atoms with Gasteiger partial charge < -0.3 is 10.3 Å². The molecular formula is C17H17N3O. The molecule has 0 radical (unpaired) electrons. The summed E-state index contributed by atoms with van der Waals surface area (Å²) in [4.78, 5) is 4.41. The van der Waals surface area contributed by atoms with Crippen LogP contribution in [-0.2, 0) is 6.42 Å². The van der Waals surface area contributed by atoms with Crippen molar-refractivity contribution in [2.75, 3.05) is 0 Å². The number of nitrogens with two attached hydrogens (primary N) is 1. The number of hydrogen-bond acceptors (Lipinski definition) is 4. The second kappa shape index (κ2) is 5.89. The molecule has 2 aromatic carbocycles. The highest BCUT2D eigenvalue weighted by Gasteiger charge is 2.17. The largest absolute Gasteiger partial charge is 0.337 e. The Hall–Kier alpha value is -2.46. The van der Waals surface area contributed by atoms with Crippen molar-refractivity contribution in [3.05, 3.63) is 71.6 Å². The van der Waals surface area contributed by atoms with E-state index in [0.29, 0.717) is 11.7 Å². The molecule has 2 N–H and O–H groups in total. The van der Waals surface area contributed by atoms with Gasteiger partial charge >= 0.3 is 0 Å². The molecule has 0 spiro atoms. The molecule has 0 aliphatic rings. The fourth-order valence-electron chi connectivity index (χ4n) is 2.17. The highest BCUT2D eigenvalue weighted by Crippen LogP contribution is 2.22. The summed E-state index contributed by atoms with van der Waals surface area (Å²) in [5.41, 5.74) is 9.32. The third-order valence-corrected chi connectivity index (χ3v) is 3.49. The topological polar surface area (TPSA) is 64.9 Å². The Bertz CT molecular complexity index is 704. The second-order valence-electron chi connectivity index (χ2n) is 4.90. The van der Waals surface area contributed by atoms with Gasteiger partial charge in [-0.15, -0.1) is 0 Å². The maximum atomic E-state index is 6.16. The molecule has 106 valence electrons. The monoisotopic (exact) mass is 279 g/mol. The van der Waals surface area contributed by atoms with Crippen LogP contribution in [0.15, 0.2) is 59.1 Å². The van der Waals surface area contributed by atoms with Crippen LogP contribution in [0.25, 0.3) is 11.4 Å². The van der Waals surface area contributed by atoms with E-state index in [1.165, 1.54) is 5.56 Å². The number of aryl methyl sites for hydroxylation is 1. The summed E-state index contributed by atoms with van der Waals surface area (Å²) in [6, 6.07) is 17.5. The van der Waals surface area contributed by atoms with Crippen LogP contribution in [-0.4, -0.2) is 10.1 Å². The molecule has 0 aliphatic carbocycles. The third kappa shape index (κ3) is 2.85. The van der Waals surface area contributed by atoms with Gasteiger partial charge in [0.1, 0.15) is 6.04 Å². The van der Waals surface area contributed by atoms with Gasteiger partial charge in [0.25, 0.3) is 0 Å². The molecule has 3 aromatic rings. The predicted octanol–water partition coefficient (Wildman–Crippen LogP) is 3.35. The second-order valence-corrected chi connectivity index (χ2v) is 4.90. The first-order chi connectivity index (χ1) is 10.3. The SMILES string of the molecule is CCc1ccc(-c2noc([C@@H](N)c3ccccc3)n2)cc1. The smallest absolute Gasteiger partial charge is 0.248 e. The van der Waals surface area contributed by atoms with E-state index in [1.54, 1.807) is 0 Å². The average molecular weight is 279 g/mol. The van der Waals surface area contributed by atoms with Gasteiger partial charge in [0.15, 0.2) is 0 Å². The molecule has 0 aliphatic heterocycles. The van der Waals surface area contributed by atoms with Gasteiger partial charge in [-0.3, -0.25) is 0 Å². The summed E-state index contributed by atoms with van der Waals surface area (Å²) < 4.78 is 5.31. The molecule has 3 rings (SSSR count). The summed E-state index contributed by atoms with van der Waals surface area (Å²) in [5.74, 6) is 0.995. The highest BCUT2D eigenvalue weighted by atomic mass is 16.5. The molecule has 1 heterocycles. The van der Waals surface area contributed by atoms with Crippen LogP contribution in [0.4, 0.5) is 0 Å². The Morgan fingerprint density at radius 3 is 2.43 bits per heavy atom. The first-order valence-corrected chi connectivity index (χ1v) is 7.01. The molecule has 1 atom stereocenters. The van der Waals surface area contributed by atoms with Crippen LogP contribution in [0.5, 0.6) is 0 Å². The van der Waals surface area contributed by atoms with Crippen molar-refractivity contribution in [1.29, 1.82) is 0 Å². The van der Waals surface area contributed by atoms with E-state index in [1.807, 2.05) is 42.5 Å². The van der Waals surface area contributed by atoms with Crippen LogP contribution < -0.4 is 5.73 Å². The van der Waals surface area contributed by atoms with E-state index in [0.717, 1.165) is 17.5 Å². The quantitative estimate of drug-likeness (QED) is 0.795. The van der Waals surface area contributed by atoms with E-state index in [2.05, 4.69) is 29.2 Å². The van der Waals surface area contributed by atoms with E-state index in [9.17, 15) is 0 Å². The number of nitrogens with zero attached hydrogens (tertiary/aromatic N) is 2. The van der Waals surface area contributed by atoms with Crippen LogP contribution >= 0.6 is 0 Å². The van der Waals surface area contributed by atoms with Crippen molar-refractivity contribution in [3.63, 3.8) is 0 Å². The van der Waals surface area contributed by atoms with Gasteiger partial charge in [0.2, 0.25) is 11.7 Å². The Morgan fingerprint density at radius 2 is 1.76 bits per heavy atom. The molecule has 4 nitrogen and oxygen atoms in total. The Morgan fingerprint density at radius 1 is 1.05 bits per heavy atom. The summed E-state index contributed by atoms with van der Waals surface area (Å²) in [7, 11) is 0. The lowest BCUT2D eigenvalue weighted by Gasteiger charge is -2.05. The number of hydrogen-bond donors (Lipinski definition) is 1. The lowest BCUT2D eigenvalue weighted by atomic mass is 10.1. The van der Waals surface area contributed by atoms with Crippen molar-refractivity contribution in [3.8, 4) is 11.4 Å². The minimum atomic E-state index is -0.401. The Kier molecular flexibility index (Phi) is 3.79. The first kappa shape index (κ1) is 13.5. The van der Waals surface area contributed by atoms with Gasteiger partial charge in [-0.1, -0.05) is 66.7 Å². The highest BCUT2D eigenvalue weighted by molar-refractivity contribution is 5.54. The number of benzene rings is 2. The van der Waals surface area contributed by atoms with Crippen molar-refractivity contribution in [2.24, 2.45) is 5.73 Å². The lowest BCUT2D eigenvalue weighted by molar-refractivity contribution is 0.367. The van der Waals surface area contributed by atoms with Gasteiger partial charge in [-0.2, -0.15) is 4.98 Å². The van der Waals surface area contributed by atoms with Gasteiger partial charge in [-0.05, 0) is 17.5 Å². The molecule has 1 aromatic heterocycles. The molecule has 0 amide bonds. The predicted molar refractivity (Wildman–Crippen MR) is 81.6 cm³/mol. The van der Waals surface area contributed by atoms with Gasteiger partial charge in [0, 0.05) is 5.56 Å². The van der Waals surface area contributed by atoms with Gasteiger partial charge in [0.05, 0.1) is 0 Å². The molecule has 21 heavy (non-hydrogen) atoms. The summed E-state index contributed by atoms with van der Waals surface area (Å²) in [5, 5.41) is 4.02. The van der Waals surface area contributed by atoms with Gasteiger partial charge in [-0.25, -0.2) is 0 Å². The maximum Gasteiger partial charge on any atom is 0.248 e. The average Bonchev–Trinajstić information content (AvgIpc) is 3.05. The zero-order valence-corrected chi connectivity index (χ0v) is 11.9. The van der Waals surface area contributed by atoms with Crippen molar-refractivity contribution >= 4 is 0 Å². The molecular weight excluding hydrogens is 262 g/mol. The van der Waals surface area contributed by atoms with Crippen molar-refractivity contribution in [2.45, 2.75) is 19.4 Å². The van der Waals surface area contributed by atoms with E-state index in [4.69, 9.17) is 10.3 Å². The van der Waals surface area contributed by atoms with E-state index in [-0.39, 0.29) is 0 Å². The summed E-state index contributed by atoms with van der Waals surface area (Å²) in [6.07, 6.45) is 1.01. The normalized spacial score (nSPS) is 12.3. The molecule has 0 saturated carbocycles. The fourth-order valence-corrected chi connectivity index (χ4v) is 2.17. The number of aromatic nitrogens is 2. The third-order valence-electron chi connectivity index (χ3n) is 3.49. The maximum absolute atomic E-state index is 6.16. The van der Waals surface area contributed by atoms with Crippen LogP contribution in [0.3, 0.4) is 0 Å². The zero-order valence-electron chi connectivity index (χ0n) is 11.9. The summed E-state index contributed by atoms with van der Waals surface area (Å²) in [6.45, 7) is 2.13. The molecule has 0 saturated heterocycles. The van der Waals surface area contributed by atoms with Crippen molar-refractivity contribution in [1.82, 2.24) is 10.1 Å².